The van der Waals surface area contributed by atoms with Crippen LogP contribution >= 0.6 is 0 Å². The van der Waals surface area contributed by atoms with Gasteiger partial charge in [0, 0.05) is 17.7 Å². The fourth-order valence-corrected chi connectivity index (χ4v) is 2.66. The third-order valence-corrected chi connectivity index (χ3v) is 3.70. The van der Waals surface area contributed by atoms with Crippen molar-refractivity contribution < 1.29 is 0 Å². The Bertz CT molecular complexity index is 673. The summed E-state index contributed by atoms with van der Waals surface area (Å²) in [4.78, 5) is 1.82. The van der Waals surface area contributed by atoms with Gasteiger partial charge in [-0.1, -0.05) is 43.7 Å². The molecular weight excluding hydrogens is 234 g/mol. The standard InChI is InChI=1S/C16H17N3/c1-2-3-10-19-15(17)13-9-8-11-6-4-5-7-12(11)14(13)16(19)18/h4-9,17-18H,2-3,10H2,1H3. The Morgan fingerprint density at radius 1 is 1.00 bits per heavy atom. The molecule has 0 fully saturated rings. The van der Waals surface area contributed by atoms with Crippen molar-refractivity contribution in [2.24, 2.45) is 0 Å². The van der Waals surface area contributed by atoms with Gasteiger partial charge in [0.05, 0.1) is 0 Å². The van der Waals surface area contributed by atoms with Gasteiger partial charge < -0.3 is 4.90 Å². The zero-order chi connectivity index (χ0) is 13.4. The van der Waals surface area contributed by atoms with Crippen LogP contribution in [0, 0.1) is 10.8 Å². The molecule has 0 radical (unpaired) electrons. The summed E-state index contributed by atoms with van der Waals surface area (Å²) in [6.07, 6.45) is 2.09. The van der Waals surface area contributed by atoms with Crippen molar-refractivity contribution in [2.75, 3.05) is 6.54 Å². The van der Waals surface area contributed by atoms with E-state index in [0.29, 0.717) is 11.7 Å². The van der Waals surface area contributed by atoms with E-state index in [1.165, 1.54) is 0 Å². The summed E-state index contributed by atoms with van der Waals surface area (Å²) < 4.78 is 0. The average molecular weight is 251 g/mol. The van der Waals surface area contributed by atoms with E-state index in [1.54, 1.807) is 0 Å². The molecule has 3 heteroatoms. The maximum Gasteiger partial charge on any atom is 0.135 e. The molecule has 2 aromatic rings. The molecule has 0 saturated heterocycles. The van der Waals surface area contributed by atoms with Gasteiger partial charge in [-0.25, -0.2) is 0 Å². The highest BCUT2D eigenvalue weighted by atomic mass is 15.2. The maximum atomic E-state index is 8.36. The number of nitrogens with one attached hydrogen (secondary N) is 2. The lowest BCUT2D eigenvalue weighted by Gasteiger charge is -2.17. The van der Waals surface area contributed by atoms with Crippen LogP contribution < -0.4 is 0 Å². The van der Waals surface area contributed by atoms with Crippen molar-refractivity contribution in [3.63, 3.8) is 0 Å². The first kappa shape index (κ1) is 11.9. The van der Waals surface area contributed by atoms with Crippen molar-refractivity contribution in [3.05, 3.63) is 47.5 Å². The number of rotatable bonds is 3. The molecule has 0 spiro atoms. The van der Waals surface area contributed by atoms with Crippen LogP contribution in [-0.4, -0.2) is 23.1 Å². The van der Waals surface area contributed by atoms with Gasteiger partial charge in [-0.3, -0.25) is 10.8 Å². The Balaban J connectivity index is 2.14. The van der Waals surface area contributed by atoms with Gasteiger partial charge in [0.1, 0.15) is 11.7 Å². The summed E-state index contributed by atoms with van der Waals surface area (Å²) >= 11 is 0. The van der Waals surface area contributed by atoms with Gasteiger partial charge in [-0.15, -0.1) is 0 Å². The summed E-state index contributed by atoms with van der Waals surface area (Å²) in [5, 5.41) is 18.8. The van der Waals surface area contributed by atoms with Crippen molar-refractivity contribution in [1.29, 1.82) is 10.8 Å². The highest BCUT2D eigenvalue weighted by Crippen LogP contribution is 2.30. The molecule has 0 bridgehead atoms. The molecule has 2 aromatic carbocycles. The summed E-state index contributed by atoms with van der Waals surface area (Å²) in [5.41, 5.74) is 1.80. The van der Waals surface area contributed by atoms with Crippen molar-refractivity contribution in [3.8, 4) is 0 Å². The molecule has 0 aliphatic carbocycles. The fraction of sp³-hybridized carbons (Fsp3) is 0.250. The van der Waals surface area contributed by atoms with Crippen molar-refractivity contribution >= 4 is 22.4 Å². The Kier molecular flexibility index (Phi) is 2.82. The summed E-state index contributed by atoms with van der Waals surface area (Å²) in [6.45, 7) is 2.89. The molecule has 3 rings (SSSR count). The van der Waals surface area contributed by atoms with E-state index < -0.39 is 0 Å². The monoisotopic (exact) mass is 251 g/mol. The number of benzene rings is 2. The van der Waals surface area contributed by atoms with Crippen LogP contribution in [0.5, 0.6) is 0 Å². The average Bonchev–Trinajstić information content (AvgIpc) is 2.69. The van der Waals surface area contributed by atoms with Gasteiger partial charge in [0.2, 0.25) is 0 Å². The smallest absolute Gasteiger partial charge is 0.135 e. The molecule has 0 aromatic heterocycles. The Morgan fingerprint density at radius 2 is 1.79 bits per heavy atom. The predicted molar refractivity (Wildman–Crippen MR) is 79.2 cm³/mol. The molecule has 0 saturated carbocycles. The first-order chi connectivity index (χ1) is 9.24. The van der Waals surface area contributed by atoms with Crippen LogP contribution in [-0.2, 0) is 0 Å². The third-order valence-electron chi connectivity index (χ3n) is 3.70. The fourth-order valence-electron chi connectivity index (χ4n) is 2.66. The minimum Gasteiger partial charge on any atom is -0.311 e. The van der Waals surface area contributed by atoms with Crippen molar-refractivity contribution in [1.82, 2.24) is 4.90 Å². The number of unbranched alkanes of at least 4 members (excludes halogenated alkanes) is 1. The zero-order valence-corrected chi connectivity index (χ0v) is 11.0. The zero-order valence-electron chi connectivity index (χ0n) is 11.0. The second-order valence-electron chi connectivity index (χ2n) is 4.91. The minimum absolute atomic E-state index is 0.471. The molecule has 0 atom stereocenters. The minimum atomic E-state index is 0.471. The largest absolute Gasteiger partial charge is 0.311 e. The van der Waals surface area contributed by atoms with E-state index in [9.17, 15) is 0 Å². The van der Waals surface area contributed by atoms with E-state index >= 15 is 0 Å². The molecule has 0 amide bonds. The molecule has 1 heterocycles. The Hall–Kier alpha value is -2.16. The Labute approximate surface area is 112 Å². The van der Waals surface area contributed by atoms with Gasteiger partial charge >= 0.3 is 0 Å². The topological polar surface area (TPSA) is 50.9 Å². The second-order valence-corrected chi connectivity index (χ2v) is 4.91. The number of hydrogen-bond acceptors (Lipinski definition) is 2. The summed E-state index contributed by atoms with van der Waals surface area (Å²) in [7, 11) is 0. The predicted octanol–water partition coefficient (Wildman–Crippen LogP) is 3.61. The van der Waals surface area contributed by atoms with E-state index in [0.717, 1.165) is 41.3 Å². The van der Waals surface area contributed by atoms with Crippen molar-refractivity contribution in [2.45, 2.75) is 19.8 Å². The first-order valence-corrected chi connectivity index (χ1v) is 6.71. The lowest BCUT2D eigenvalue weighted by Crippen LogP contribution is -2.30. The first-order valence-electron chi connectivity index (χ1n) is 6.71. The van der Waals surface area contributed by atoms with Crippen LogP contribution in [0.4, 0.5) is 0 Å². The number of amidine groups is 2. The molecule has 2 N–H and O–H groups in total. The van der Waals surface area contributed by atoms with Crippen LogP contribution in [0.1, 0.15) is 30.9 Å². The van der Waals surface area contributed by atoms with Gasteiger partial charge in [-0.2, -0.15) is 0 Å². The molecule has 1 aliphatic heterocycles. The summed E-state index contributed by atoms with van der Waals surface area (Å²) in [5.74, 6) is 0.949. The van der Waals surface area contributed by atoms with Crippen LogP contribution in [0.25, 0.3) is 10.8 Å². The quantitative estimate of drug-likeness (QED) is 0.860. The van der Waals surface area contributed by atoms with E-state index in [2.05, 4.69) is 13.0 Å². The SMILES string of the molecule is CCCCN1C(=N)c2ccc3ccccc3c2C1=N. The maximum absolute atomic E-state index is 8.36. The molecule has 19 heavy (non-hydrogen) atoms. The molecule has 96 valence electrons. The number of nitrogens with zero attached hydrogens (tertiary/aromatic N) is 1. The third kappa shape index (κ3) is 1.73. The highest BCUT2D eigenvalue weighted by Gasteiger charge is 2.30. The van der Waals surface area contributed by atoms with Gasteiger partial charge in [0.15, 0.2) is 0 Å². The highest BCUT2D eigenvalue weighted by molar-refractivity contribution is 6.28. The number of hydrogen-bond donors (Lipinski definition) is 2. The normalized spacial score (nSPS) is 14.3. The molecular formula is C16H17N3. The second kappa shape index (κ2) is 4.50. The molecule has 1 aliphatic rings. The van der Waals surface area contributed by atoms with Crippen LogP contribution in [0.2, 0.25) is 0 Å². The Morgan fingerprint density at radius 3 is 2.58 bits per heavy atom. The van der Waals surface area contributed by atoms with E-state index in [-0.39, 0.29) is 0 Å². The number of fused-ring (bicyclic) bond motifs is 3. The summed E-state index contributed by atoms with van der Waals surface area (Å²) in [6, 6.07) is 12.1. The van der Waals surface area contributed by atoms with Gasteiger partial charge in [0.25, 0.3) is 0 Å². The van der Waals surface area contributed by atoms with Crippen LogP contribution in [0.15, 0.2) is 36.4 Å². The van der Waals surface area contributed by atoms with Gasteiger partial charge in [-0.05, 0) is 23.3 Å². The van der Waals surface area contributed by atoms with Crippen LogP contribution in [0.3, 0.4) is 0 Å². The lowest BCUT2D eigenvalue weighted by molar-refractivity contribution is 0.572. The van der Waals surface area contributed by atoms with E-state index in [4.69, 9.17) is 10.8 Å². The van der Waals surface area contributed by atoms with E-state index in [1.807, 2.05) is 35.2 Å². The molecule has 3 nitrogen and oxygen atoms in total. The molecule has 0 unspecified atom stereocenters. The lowest BCUT2D eigenvalue weighted by atomic mass is 10.0.